The van der Waals surface area contributed by atoms with Crippen molar-refractivity contribution in [1.82, 2.24) is 10.2 Å². The van der Waals surface area contributed by atoms with Crippen LogP contribution in [0.3, 0.4) is 0 Å². The number of ether oxygens (including phenoxy) is 1. The molecule has 1 N–H and O–H groups in total. The molecule has 0 fully saturated rings. The molecule has 0 aliphatic carbocycles. The number of hydrogen-bond donors (Lipinski definition) is 1. The standard InChI is InChI=1S/C36H40ClN3O5S/c1-5-27(3)38-36(42)33(22-28-15-8-6-9-16-28)39(24-29-17-13-12-14-26(29)2)35(41)25-40(32-23-30(37)20-21-34(32)45-4)46(43,44)31-18-10-7-11-19-31/h6-21,23,27,33H,5,22,24-25H2,1-4H3,(H,38,42)/t27-,33-/m0/s1. The lowest BCUT2D eigenvalue weighted by atomic mass is 10.0. The summed E-state index contributed by atoms with van der Waals surface area (Å²) in [5.74, 6) is -0.666. The van der Waals surface area contributed by atoms with E-state index in [0.717, 1.165) is 21.0 Å². The summed E-state index contributed by atoms with van der Waals surface area (Å²) < 4.78 is 35.0. The van der Waals surface area contributed by atoms with Gasteiger partial charge in [-0.1, -0.05) is 91.3 Å². The minimum Gasteiger partial charge on any atom is -0.495 e. The lowest BCUT2D eigenvalue weighted by Gasteiger charge is -2.35. The van der Waals surface area contributed by atoms with Gasteiger partial charge in [-0.05, 0) is 67.3 Å². The van der Waals surface area contributed by atoms with Crippen LogP contribution in [0.1, 0.15) is 37.0 Å². The number of sulfonamides is 1. The fraction of sp³-hybridized carbons (Fsp3) is 0.278. The van der Waals surface area contributed by atoms with Gasteiger partial charge >= 0.3 is 0 Å². The van der Waals surface area contributed by atoms with Gasteiger partial charge in [-0.2, -0.15) is 0 Å². The van der Waals surface area contributed by atoms with Crippen molar-refractivity contribution in [2.75, 3.05) is 18.0 Å². The van der Waals surface area contributed by atoms with Crippen LogP contribution in [0, 0.1) is 6.92 Å². The van der Waals surface area contributed by atoms with Crippen LogP contribution in [0.4, 0.5) is 5.69 Å². The fourth-order valence-electron chi connectivity index (χ4n) is 5.06. The smallest absolute Gasteiger partial charge is 0.264 e. The zero-order valence-electron chi connectivity index (χ0n) is 26.5. The van der Waals surface area contributed by atoms with E-state index in [2.05, 4.69) is 5.32 Å². The SMILES string of the molecule is CC[C@H](C)NC(=O)[C@H](Cc1ccccc1)N(Cc1ccccc1C)C(=O)CN(c1cc(Cl)ccc1OC)S(=O)(=O)c1ccccc1. The fourth-order valence-corrected chi connectivity index (χ4v) is 6.66. The lowest BCUT2D eigenvalue weighted by Crippen LogP contribution is -2.54. The Balaban J connectivity index is 1.86. The van der Waals surface area contributed by atoms with E-state index in [4.69, 9.17) is 16.3 Å². The number of carbonyl (C=O) groups excluding carboxylic acids is 2. The molecule has 4 rings (SSSR count). The molecular formula is C36H40ClN3O5S. The summed E-state index contributed by atoms with van der Waals surface area (Å²) >= 11 is 6.36. The van der Waals surface area contributed by atoms with E-state index < -0.39 is 28.5 Å². The van der Waals surface area contributed by atoms with Gasteiger partial charge < -0.3 is 15.0 Å². The lowest BCUT2D eigenvalue weighted by molar-refractivity contribution is -0.140. The number of anilines is 1. The van der Waals surface area contributed by atoms with Crippen molar-refractivity contribution in [2.24, 2.45) is 0 Å². The van der Waals surface area contributed by atoms with E-state index in [1.54, 1.807) is 30.3 Å². The first kappa shape index (κ1) is 34.5. The average Bonchev–Trinajstić information content (AvgIpc) is 3.06. The first-order chi connectivity index (χ1) is 22.0. The van der Waals surface area contributed by atoms with Crippen molar-refractivity contribution in [1.29, 1.82) is 0 Å². The first-order valence-electron chi connectivity index (χ1n) is 15.1. The van der Waals surface area contributed by atoms with Gasteiger partial charge in [0.25, 0.3) is 10.0 Å². The third-order valence-corrected chi connectivity index (χ3v) is 9.90. The number of nitrogens with one attached hydrogen (secondary N) is 1. The summed E-state index contributed by atoms with van der Waals surface area (Å²) in [6, 6.07) is 28.5. The minimum atomic E-state index is -4.29. The van der Waals surface area contributed by atoms with Crippen LogP contribution < -0.4 is 14.4 Å². The maximum Gasteiger partial charge on any atom is 0.264 e. The Labute approximate surface area is 277 Å². The van der Waals surface area contributed by atoms with Crippen molar-refractivity contribution < 1.29 is 22.7 Å². The summed E-state index contributed by atoms with van der Waals surface area (Å²) in [6.07, 6.45) is 0.930. The minimum absolute atomic E-state index is 0.00867. The maximum atomic E-state index is 14.7. The number of carbonyl (C=O) groups is 2. The van der Waals surface area contributed by atoms with Gasteiger partial charge in [0.2, 0.25) is 11.8 Å². The number of nitrogens with zero attached hydrogens (tertiary/aromatic N) is 2. The van der Waals surface area contributed by atoms with Crippen molar-refractivity contribution in [3.05, 3.63) is 125 Å². The molecule has 242 valence electrons. The second kappa shape index (κ2) is 15.8. The van der Waals surface area contributed by atoms with E-state index in [1.165, 1.54) is 30.2 Å². The van der Waals surface area contributed by atoms with Gasteiger partial charge in [-0.3, -0.25) is 13.9 Å². The third-order valence-electron chi connectivity index (χ3n) is 7.89. The highest BCUT2D eigenvalue weighted by Crippen LogP contribution is 2.35. The Bertz CT molecular complexity index is 1740. The van der Waals surface area contributed by atoms with Gasteiger partial charge in [0.05, 0.1) is 17.7 Å². The van der Waals surface area contributed by atoms with Gasteiger partial charge in [0.1, 0.15) is 18.3 Å². The van der Waals surface area contributed by atoms with E-state index in [-0.39, 0.29) is 46.3 Å². The van der Waals surface area contributed by atoms with Crippen molar-refractivity contribution in [2.45, 2.75) is 57.1 Å². The molecule has 2 amide bonds. The quantitative estimate of drug-likeness (QED) is 0.169. The van der Waals surface area contributed by atoms with Crippen molar-refractivity contribution >= 4 is 39.1 Å². The predicted molar refractivity (Wildman–Crippen MR) is 183 cm³/mol. The molecule has 0 heterocycles. The summed E-state index contributed by atoms with van der Waals surface area (Å²) in [6.45, 7) is 5.29. The number of rotatable bonds is 14. The molecule has 0 aliphatic heterocycles. The van der Waals surface area contributed by atoms with Crippen LogP contribution in [-0.4, -0.2) is 50.9 Å². The van der Waals surface area contributed by atoms with Gasteiger partial charge in [-0.15, -0.1) is 0 Å². The van der Waals surface area contributed by atoms with Crippen LogP contribution in [-0.2, 0) is 32.6 Å². The molecule has 0 aromatic heterocycles. The van der Waals surface area contributed by atoms with Crippen molar-refractivity contribution in [3.8, 4) is 5.75 Å². The van der Waals surface area contributed by atoms with E-state index in [1.807, 2.05) is 75.4 Å². The summed E-state index contributed by atoms with van der Waals surface area (Å²) in [4.78, 5) is 30.1. The second-order valence-corrected chi connectivity index (χ2v) is 13.4. The molecule has 0 aliphatic rings. The zero-order chi connectivity index (χ0) is 33.3. The maximum absolute atomic E-state index is 14.7. The van der Waals surface area contributed by atoms with Crippen LogP contribution in [0.5, 0.6) is 5.75 Å². The Kier molecular flexibility index (Phi) is 11.8. The van der Waals surface area contributed by atoms with Crippen LogP contribution in [0.2, 0.25) is 5.02 Å². The number of halogens is 1. The van der Waals surface area contributed by atoms with Gasteiger partial charge in [-0.25, -0.2) is 8.42 Å². The zero-order valence-corrected chi connectivity index (χ0v) is 28.1. The normalized spacial score (nSPS) is 12.5. The molecule has 2 atom stereocenters. The Hall–Kier alpha value is -4.34. The monoisotopic (exact) mass is 661 g/mol. The predicted octanol–water partition coefficient (Wildman–Crippen LogP) is 6.41. The number of amides is 2. The molecule has 46 heavy (non-hydrogen) atoms. The number of benzene rings is 4. The highest BCUT2D eigenvalue weighted by Gasteiger charge is 2.36. The molecule has 0 saturated heterocycles. The van der Waals surface area contributed by atoms with E-state index >= 15 is 0 Å². The molecule has 10 heteroatoms. The Morgan fingerprint density at radius 2 is 1.54 bits per heavy atom. The highest BCUT2D eigenvalue weighted by atomic mass is 35.5. The average molecular weight is 662 g/mol. The third kappa shape index (κ3) is 8.47. The number of aryl methyl sites for hydroxylation is 1. The van der Waals surface area contributed by atoms with E-state index in [9.17, 15) is 18.0 Å². The summed E-state index contributed by atoms with van der Waals surface area (Å²) in [7, 11) is -2.88. The van der Waals surface area contributed by atoms with Crippen LogP contribution in [0.15, 0.2) is 108 Å². The summed E-state index contributed by atoms with van der Waals surface area (Å²) in [5.41, 5.74) is 2.74. The Morgan fingerprint density at radius 1 is 0.913 bits per heavy atom. The largest absolute Gasteiger partial charge is 0.495 e. The molecule has 0 saturated carbocycles. The van der Waals surface area contributed by atoms with Crippen molar-refractivity contribution in [3.63, 3.8) is 0 Å². The van der Waals surface area contributed by atoms with E-state index in [0.29, 0.717) is 6.42 Å². The number of methoxy groups -OCH3 is 1. The van der Waals surface area contributed by atoms with Gasteiger partial charge in [0.15, 0.2) is 0 Å². The van der Waals surface area contributed by atoms with Crippen LogP contribution in [0.25, 0.3) is 0 Å². The molecule has 0 spiro atoms. The van der Waals surface area contributed by atoms with Crippen LogP contribution >= 0.6 is 11.6 Å². The highest BCUT2D eigenvalue weighted by molar-refractivity contribution is 7.92. The molecular weight excluding hydrogens is 622 g/mol. The first-order valence-corrected chi connectivity index (χ1v) is 17.0. The molecule has 4 aromatic carbocycles. The number of hydrogen-bond acceptors (Lipinski definition) is 5. The summed E-state index contributed by atoms with van der Waals surface area (Å²) in [5, 5.41) is 3.32. The second-order valence-electron chi connectivity index (χ2n) is 11.1. The van der Waals surface area contributed by atoms with Gasteiger partial charge in [0, 0.05) is 24.0 Å². The topological polar surface area (TPSA) is 96.0 Å². The molecule has 8 nitrogen and oxygen atoms in total. The molecule has 4 aromatic rings. The molecule has 0 radical (unpaired) electrons. The molecule has 0 unspecified atom stereocenters. The Morgan fingerprint density at radius 3 is 2.17 bits per heavy atom. The molecule has 0 bridgehead atoms.